The summed E-state index contributed by atoms with van der Waals surface area (Å²) in [6.07, 6.45) is 1.99. The zero-order chi connectivity index (χ0) is 17.1. The molecule has 2 aliphatic rings. The molecule has 1 aromatic carbocycles. The summed E-state index contributed by atoms with van der Waals surface area (Å²) in [5.41, 5.74) is 3.17. The molecule has 0 saturated carbocycles. The van der Waals surface area contributed by atoms with E-state index in [-0.39, 0.29) is 30.7 Å². The Balaban J connectivity index is 0.00000131. The minimum absolute atomic E-state index is 0. The van der Waals surface area contributed by atoms with Crippen LogP contribution in [0.25, 0.3) is 0 Å². The second-order valence-electron chi connectivity index (χ2n) is 6.84. The summed E-state index contributed by atoms with van der Waals surface area (Å²) in [4.78, 5) is 14.5. The summed E-state index contributed by atoms with van der Waals surface area (Å²) in [5, 5.41) is 11.6. The van der Waals surface area contributed by atoms with E-state index in [0.29, 0.717) is 6.04 Å². The van der Waals surface area contributed by atoms with Crippen LogP contribution < -0.4 is 10.6 Å². The Morgan fingerprint density at radius 1 is 1.15 bits per heavy atom. The van der Waals surface area contributed by atoms with Crippen LogP contribution in [0.3, 0.4) is 0 Å². The van der Waals surface area contributed by atoms with Crippen LogP contribution in [-0.2, 0) is 19.6 Å². The molecule has 1 fully saturated rings. The van der Waals surface area contributed by atoms with E-state index in [9.17, 15) is 4.79 Å². The van der Waals surface area contributed by atoms with Gasteiger partial charge in [0.2, 0.25) is 0 Å². The minimum atomic E-state index is 0. The molecule has 0 spiro atoms. The van der Waals surface area contributed by atoms with Crippen LogP contribution in [0.5, 0.6) is 0 Å². The molecule has 8 heteroatoms. The molecule has 148 valence electrons. The number of nitrogens with one attached hydrogen (secondary N) is 2. The molecule has 6 nitrogen and oxygen atoms in total. The van der Waals surface area contributed by atoms with Crippen LogP contribution in [0.2, 0.25) is 0 Å². The number of carbonyl (C=O) groups is 1. The monoisotopic (exact) mass is 411 g/mol. The molecule has 1 aromatic heterocycles. The van der Waals surface area contributed by atoms with Crippen LogP contribution in [-0.4, -0.2) is 46.3 Å². The number of amides is 1. The molecule has 0 radical (unpaired) electrons. The lowest BCUT2D eigenvalue weighted by molar-refractivity contribution is 0.0704. The van der Waals surface area contributed by atoms with Gasteiger partial charge in [-0.25, -0.2) is 0 Å². The van der Waals surface area contributed by atoms with Crippen LogP contribution in [0, 0.1) is 0 Å². The second-order valence-corrected chi connectivity index (χ2v) is 6.84. The molecule has 0 atom stereocenters. The predicted octanol–water partition coefficient (Wildman–Crippen LogP) is 2.22. The number of hydrogen-bond acceptors (Lipinski definition) is 4. The highest BCUT2D eigenvalue weighted by atomic mass is 35.5. The van der Waals surface area contributed by atoms with Crippen molar-refractivity contribution in [1.29, 1.82) is 0 Å². The number of likely N-dealkylation sites (tertiary alicyclic amines) is 1. The SMILES string of the molecule is Cl.Cl.O=C(c1ccccc1)N1CCC(NCc2cc3n(n2)CCNC3)CC1. The number of hydrogen-bond donors (Lipinski definition) is 2. The van der Waals surface area contributed by atoms with E-state index in [1.54, 1.807) is 0 Å². The van der Waals surface area contributed by atoms with Crippen molar-refractivity contribution < 1.29 is 4.79 Å². The number of benzene rings is 1. The minimum Gasteiger partial charge on any atom is -0.339 e. The smallest absolute Gasteiger partial charge is 0.253 e. The fourth-order valence-electron chi connectivity index (χ4n) is 3.64. The third-order valence-corrected chi connectivity index (χ3v) is 5.10. The van der Waals surface area contributed by atoms with E-state index in [0.717, 1.165) is 63.4 Å². The zero-order valence-electron chi connectivity index (χ0n) is 15.3. The van der Waals surface area contributed by atoms with Gasteiger partial charge in [0.25, 0.3) is 5.91 Å². The number of rotatable bonds is 4. The molecule has 27 heavy (non-hydrogen) atoms. The normalized spacial score (nSPS) is 16.8. The topological polar surface area (TPSA) is 62.2 Å². The van der Waals surface area contributed by atoms with Crippen molar-refractivity contribution in [3.05, 3.63) is 53.3 Å². The van der Waals surface area contributed by atoms with Gasteiger partial charge in [0, 0.05) is 44.3 Å². The van der Waals surface area contributed by atoms with Crippen molar-refractivity contribution in [3.8, 4) is 0 Å². The van der Waals surface area contributed by atoms with Gasteiger partial charge in [0.05, 0.1) is 17.9 Å². The van der Waals surface area contributed by atoms with E-state index < -0.39 is 0 Å². The van der Waals surface area contributed by atoms with Gasteiger partial charge in [-0.3, -0.25) is 9.48 Å². The molecule has 1 amide bonds. The number of halogens is 2. The lowest BCUT2D eigenvalue weighted by atomic mass is 10.0. The van der Waals surface area contributed by atoms with Crippen molar-refractivity contribution in [3.63, 3.8) is 0 Å². The van der Waals surface area contributed by atoms with Crippen molar-refractivity contribution in [2.24, 2.45) is 0 Å². The average Bonchev–Trinajstić information content (AvgIpc) is 3.10. The molecule has 2 N–H and O–H groups in total. The number of aromatic nitrogens is 2. The first kappa shape index (κ1) is 21.7. The molecule has 2 aliphatic heterocycles. The standard InChI is InChI=1S/C19H25N5O.2ClH/c25-19(15-4-2-1-3-5-15)23-9-6-16(7-10-23)21-13-17-12-18-14-20-8-11-24(18)22-17;;/h1-5,12,16,20-21H,6-11,13-14H2;2*1H. The molecule has 3 heterocycles. The lowest BCUT2D eigenvalue weighted by Crippen LogP contribution is -2.44. The van der Waals surface area contributed by atoms with Crippen LogP contribution in [0.4, 0.5) is 0 Å². The largest absolute Gasteiger partial charge is 0.339 e. The van der Waals surface area contributed by atoms with Crippen molar-refractivity contribution in [1.82, 2.24) is 25.3 Å². The van der Waals surface area contributed by atoms with E-state index in [1.807, 2.05) is 35.2 Å². The molecule has 0 unspecified atom stereocenters. The Hall–Kier alpha value is -1.60. The fraction of sp³-hybridized carbons (Fsp3) is 0.474. The number of nitrogens with zero attached hydrogens (tertiary/aromatic N) is 3. The predicted molar refractivity (Wildman–Crippen MR) is 111 cm³/mol. The van der Waals surface area contributed by atoms with E-state index in [4.69, 9.17) is 0 Å². The lowest BCUT2D eigenvalue weighted by Gasteiger charge is -2.32. The number of fused-ring (bicyclic) bond motifs is 1. The van der Waals surface area contributed by atoms with Gasteiger partial charge in [-0.15, -0.1) is 24.8 Å². The Bertz CT molecular complexity index is 705. The number of carbonyl (C=O) groups excluding carboxylic acids is 1. The third-order valence-electron chi connectivity index (χ3n) is 5.10. The zero-order valence-corrected chi connectivity index (χ0v) is 16.9. The van der Waals surface area contributed by atoms with Gasteiger partial charge < -0.3 is 15.5 Å². The first-order chi connectivity index (χ1) is 12.3. The second kappa shape index (κ2) is 10.1. The maximum Gasteiger partial charge on any atom is 0.253 e. The summed E-state index contributed by atoms with van der Waals surface area (Å²) in [6, 6.07) is 12.2. The van der Waals surface area contributed by atoms with Gasteiger partial charge in [-0.2, -0.15) is 5.10 Å². The summed E-state index contributed by atoms with van der Waals surface area (Å²) in [5.74, 6) is 0.147. The highest BCUT2D eigenvalue weighted by molar-refractivity contribution is 5.94. The summed E-state index contributed by atoms with van der Waals surface area (Å²) >= 11 is 0. The summed E-state index contributed by atoms with van der Waals surface area (Å²) in [6.45, 7) is 5.29. The van der Waals surface area contributed by atoms with Gasteiger partial charge >= 0.3 is 0 Å². The van der Waals surface area contributed by atoms with Crippen molar-refractivity contribution in [2.45, 2.75) is 38.5 Å². The Labute approximate surface area is 172 Å². The highest BCUT2D eigenvalue weighted by Crippen LogP contribution is 2.15. The third kappa shape index (κ3) is 5.23. The van der Waals surface area contributed by atoms with E-state index >= 15 is 0 Å². The molecule has 0 aliphatic carbocycles. The molecule has 2 aromatic rings. The van der Waals surface area contributed by atoms with Crippen LogP contribution >= 0.6 is 24.8 Å². The molecule has 1 saturated heterocycles. The van der Waals surface area contributed by atoms with Gasteiger partial charge in [-0.05, 0) is 31.0 Å². The maximum absolute atomic E-state index is 12.5. The number of piperidine rings is 1. The van der Waals surface area contributed by atoms with E-state index in [2.05, 4.69) is 26.5 Å². The molecular formula is C19H27Cl2N5O. The first-order valence-electron chi connectivity index (χ1n) is 9.13. The quantitative estimate of drug-likeness (QED) is 0.809. The summed E-state index contributed by atoms with van der Waals surface area (Å²) in [7, 11) is 0. The summed E-state index contributed by atoms with van der Waals surface area (Å²) < 4.78 is 2.11. The molecule has 0 bridgehead atoms. The van der Waals surface area contributed by atoms with Crippen molar-refractivity contribution >= 4 is 30.7 Å². The fourth-order valence-corrected chi connectivity index (χ4v) is 3.64. The Morgan fingerprint density at radius 2 is 1.89 bits per heavy atom. The van der Waals surface area contributed by atoms with Crippen LogP contribution in [0.1, 0.15) is 34.6 Å². The first-order valence-corrected chi connectivity index (χ1v) is 9.13. The maximum atomic E-state index is 12.5. The van der Waals surface area contributed by atoms with E-state index in [1.165, 1.54) is 5.69 Å². The molecular weight excluding hydrogens is 385 g/mol. The van der Waals surface area contributed by atoms with Gasteiger partial charge in [0.15, 0.2) is 0 Å². The van der Waals surface area contributed by atoms with Crippen LogP contribution in [0.15, 0.2) is 36.4 Å². The van der Waals surface area contributed by atoms with Crippen molar-refractivity contribution in [2.75, 3.05) is 19.6 Å². The Kier molecular flexibility index (Phi) is 8.10. The van der Waals surface area contributed by atoms with Gasteiger partial charge in [-0.1, -0.05) is 18.2 Å². The average molecular weight is 412 g/mol. The highest BCUT2D eigenvalue weighted by Gasteiger charge is 2.23. The molecule has 4 rings (SSSR count). The van der Waals surface area contributed by atoms with Gasteiger partial charge in [0.1, 0.15) is 0 Å². The Morgan fingerprint density at radius 3 is 2.59 bits per heavy atom.